The molecule has 0 amide bonds. The molecule has 1 N–H and O–H groups in total. The van der Waals surface area contributed by atoms with E-state index in [1.54, 1.807) is 12.1 Å². The number of nitrogens with zero attached hydrogens (tertiary/aromatic N) is 4. The lowest BCUT2D eigenvalue weighted by molar-refractivity contribution is 0.519. The fraction of sp³-hybridized carbons (Fsp3) is 0.409. The van der Waals surface area contributed by atoms with E-state index < -0.39 is 0 Å². The topological polar surface area (TPSA) is 55.6 Å². The Morgan fingerprint density at radius 2 is 1.89 bits per heavy atom. The summed E-state index contributed by atoms with van der Waals surface area (Å²) in [5.41, 5.74) is 5.47. The van der Waals surface area contributed by atoms with E-state index in [2.05, 4.69) is 45.8 Å². The van der Waals surface area contributed by atoms with E-state index in [1.807, 2.05) is 26.0 Å². The molecule has 0 spiro atoms. The van der Waals surface area contributed by atoms with Crippen molar-refractivity contribution in [3.63, 3.8) is 0 Å². The summed E-state index contributed by atoms with van der Waals surface area (Å²) in [6.07, 6.45) is 0.733. The van der Waals surface area contributed by atoms with Gasteiger partial charge >= 0.3 is 0 Å². The molecule has 148 valence electrons. The molecular formula is C22H28FN5. The van der Waals surface area contributed by atoms with Gasteiger partial charge in [0.1, 0.15) is 17.5 Å². The summed E-state index contributed by atoms with van der Waals surface area (Å²) in [7, 11) is 0. The fourth-order valence-electron chi connectivity index (χ4n) is 3.28. The second-order valence-corrected chi connectivity index (χ2v) is 7.41. The second kappa shape index (κ2) is 8.50. The molecule has 0 aliphatic carbocycles. The number of aromatic nitrogens is 4. The maximum absolute atomic E-state index is 13.3. The van der Waals surface area contributed by atoms with E-state index in [1.165, 1.54) is 17.3 Å². The summed E-state index contributed by atoms with van der Waals surface area (Å²) in [6.45, 7) is 11.8. The number of rotatable bonds is 7. The van der Waals surface area contributed by atoms with Gasteiger partial charge in [0.15, 0.2) is 0 Å². The summed E-state index contributed by atoms with van der Waals surface area (Å²) in [4.78, 5) is 9.11. The molecule has 0 aliphatic rings. The summed E-state index contributed by atoms with van der Waals surface area (Å²) >= 11 is 0. The van der Waals surface area contributed by atoms with Gasteiger partial charge in [-0.3, -0.25) is 4.68 Å². The van der Waals surface area contributed by atoms with Crippen molar-refractivity contribution in [2.75, 3.05) is 11.9 Å². The highest BCUT2D eigenvalue weighted by Gasteiger charge is 2.14. The van der Waals surface area contributed by atoms with Crippen LogP contribution in [-0.4, -0.2) is 26.3 Å². The summed E-state index contributed by atoms with van der Waals surface area (Å²) in [6, 6.07) is 8.70. The first kappa shape index (κ1) is 20.0. The number of halogens is 1. The lowest BCUT2D eigenvalue weighted by Crippen LogP contribution is -2.13. The number of benzene rings is 1. The van der Waals surface area contributed by atoms with Gasteiger partial charge in [-0.05, 0) is 57.4 Å². The molecule has 0 saturated carbocycles. The van der Waals surface area contributed by atoms with E-state index in [-0.39, 0.29) is 11.7 Å². The highest BCUT2D eigenvalue weighted by Crippen LogP contribution is 2.21. The molecule has 0 fully saturated rings. The molecule has 3 rings (SSSR count). The summed E-state index contributed by atoms with van der Waals surface area (Å²) in [5, 5.41) is 7.98. The van der Waals surface area contributed by atoms with Crippen LogP contribution in [0.4, 0.5) is 10.2 Å². The minimum absolute atomic E-state index is 0.203. The van der Waals surface area contributed by atoms with Gasteiger partial charge in [0.25, 0.3) is 0 Å². The molecule has 2 aromatic heterocycles. The van der Waals surface area contributed by atoms with Crippen molar-refractivity contribution in [3.8, 4) is 0 Å². The van der Waals surface area contributed by atoms with Crippen LogP contribution in [0.25, 0.3) is 0 Å². The van der Waals surface area contributed by atoms with Gasteiger partial charge in [0.2, 0.25) is 0 Å². The highest BCUT2D eigenvalue weighted by atomic mass is 19.1. The Bertz CT molecular complexity index is 964. The van der Waals surface area contributed by atoms with E-state index in [4.69, 9.17) is 0 Å². The van der Waals surface area contributed by atoms with Gasteiger partial charge in [0.05, 0.1) is 11.4 Å². The van der Waals surface area contributed by atoms with Crippen LogP contribution in [0.2, 0.25) is 0 Å². The molecular weight excluding hydrogens is 353 g/mol. The van der Waals surface area contributed by atoms with Crippen molar-refractivity contribution < 1.29 is 4.39 Å². The minimum atomic E-state index is -0.203. The zero-order valence-corrected chi connectivity index (χ0v) is 17.3. The highest BCUT2D eigenvalue weighted by molar-refractivity contribution is 5.37. The van der Waals surface area contributed by atoms with Crippen LogP contribution in [0.3, 0.4) is 0 Å². The molecule has 0 saturated heterocycles. The van der Waals surface area contributed by atoms with Crippen LogP contribution in [0, 0.1) is 33.5 Å². The molecule has 3 aromatic rings. The van der Waals surface area contributed by atoms with Crippen molar-refractivity contribution in [3.05, 3.63) is 70.2 Å². The number of hydrogen-bond acceptors (Lipinski definition) is 4. The van der Waals surface area contributed by atoms with Gasteiger partial charge in [-0.25, -0.2) is 14.4 Å². The van der Waals surface area contributed by atoms with Crippen LogP contribution < -0.4 is 5.32 Å². The normalized spacial score (nSPS) is 12.2. The third-order valence-electron chi connectivity index (χ3n) is 5.16. The molecule has 0 radical (unpaired) electrons. The summed E-state index contributed by atoms with van der Waals surface area (Å²) < 4.78 is 15.4. The molecule has 28 heavy (non-hydrogen) atoms. The van der Waals surface area contributed by atoms with Crippen LogP contribution in [0.1, 0.15) is 46.9 Å². The fourth-order valence-corrected chi connectivity index (χ4v) is 3.28. The quantitative estimate of drug-likeness (QED) is 0.654. The second-order valence-electron chi connectivity index (χ2n) is 7.41. The lowest BCUT2D eigenvalue weighted by atomic mass is 10.1. The van der Waals surface area contributed by atoms with Crippen molar-refractivity contribution >= 4 is 5.82 Å². The molecule has 1 unspecified atom stereocenters. The molecule has 1 aromatic carbocycles. The average molecular weight is 381 g/mol. The van der Waals surface area contributed by atoms with Crippen LogP contribution in [-0.2, 0) is 13.0 Å². The summed E-state index contributed by atoms with van der Waals surface area (Å²) in [5.74, 6) is 1.55. The Morgan fingerprint density at radius 3 is 2.57 bits per heavy atom. The first-order valence-electron chi connectivity index (χ1n) is 9.68. The molecule has 1 atom stereocenters. The van der Waals surface area contributed by atoms with E-state index in [9.17, 15) is 4.39 Å². The van der Waals surface area contributed by atoms with E-state index in [0.29, 0.717) is 6.54 Å². The Kier molecular flexibility index (Phi) is 6.07. The van der Waals surface area contributed by atoms with Crippen LogP contribution in [0.5, 0.6) is 0 Å². The van der Waals surface area contributed by atoms with Gasteiger partial charge < -0.3 is 5.32 Å². The number of aryl methyl sites for hydroxylation is 2. The molecule has 5 nitrogen and oxygen atoms in total. The van der Waals surface area contributed by atoms with Gasteiger partial charge in [-0.1, -0.05) is 19.1 Å². The van der Waals surface area contributed by atoms with Gasteiger partial charge in [0, 0.05) is 30.8 Å². The largest absolute Gasteiger partial charge is 0.370 e. The Morgan fingerprint density at radius 1 is 1.11 bits per heavy atom. The van der Waals surface area contributed by atoms with Crippen LogP contribution in [0.15, 0.2) is 30.3 Å². The smallest absolute Gasteiger partial charge is 0.129 e. The molecule has 6 heteroatoms. The first-order chi connectivity index (χ1) is 13.3. The SMILES string of the molecule is Cc1nc(NCCc2cccc(F)c2)cc(C(C)Cn2nc(C)c(C)c2C)n1. The van der Waals surface area contributed by atoms with Crippen molar-refractivity contribution in [2.45, 2.75) is 53.5 Å². The maximum atomic E-state index is 13.3. The third-order valence-corrected chi connectivity index (χ3v) is 5.16. The number of nitrogens with one attached hydrogen (secondary N) is 1. The maximum Gasteiger partial charge on any atom is 0.129 e. The molecule has 2 heterocycles. The van der Waals surface area contributed by atoms with Crippen molar-refractivity contribution in [2.24, 2.45) is 0 Å². The standard InChI is InChI=1S/C22H28FN5/c1-14(13-28-17(4)15(2)16(3)27-28)21-12-22(26-18(5)25-21)24-10-9-19-7-6-8-20(23)11-19/h6-8,11-12,14H,9-10,13H2,1-5H3,(H,24,25,26). The monoisotopic (exact) mass is 381 g/mol. The Balaban J connectivity index is 1.67. The van der Waals surface area contributed by atoms with Gasteiger partial charge in [-0.2, -0.15) is 5.10 Å². The minimum Gasteiger partial charge on any atom is -0.370 e. The predicted octanol–water partition coefficient (Wildman–Crippen LogP) is 4.50. The van der Waals surface area contributed by atoms with Crippen LogP contribution >= 0.6 is 0 Å². The molecule has 0 bridgehead atoms. The number of anilines is 1. The Hall–Kier alpha value is -2.76. The van der Waals surface area contributed by atoms with Crippen molar-refractivity contribution in [1.29, 1.82) is 0 Å². The average Bonchev–Trinajstić information content (AvgIpc) is 2.88. The zero-order valence-electron chi connectivity index (χ0n) is 17.3. The van der Waals surface area contributed by atoms with E-state index in [0.717, 1.165) is 41.6 Å². The molecule has 0 aliphatic heterocycles. The van der Waals surface area contributed by atoms with Crippen molar-refractivity contribution in [1.82, 2.24) is 19.7 Å². The third kappa shape index (κ3) is 4.74. The van der Waals surface area contributed by atoms with Gasteiger partial charge in [-0.15, -0.1) is 0 Å². The Labute approximate surface area is 166 Å². The first-order valence-corrected chi connectivity index (χ1v) is 9.68. The lowest BCUT2D eigenvalue weighted by Gasteiger charge is -2.15. The predicted molar refractivity (Wildman–Crippen MR) is 110 cm³/mol. The van der Waals surface area contributed by atoms with E-state index >= 15 is 0 Å². The zero-order chi connectivity index (χ0) is 20.3. The number of hydrogen-bond donors (Lipinski definition) is 1.